The highest BCUT2D eigenvalue weighted by Crippen LogP contribution is 2.28. The summed E-state index contributed by atoms with van der Waals surface area (Å²) < 4.78 is 3.22. The van der Waals surface area contributed by atoms with E-state index >= 15 is 0 Å². The molecule has 6 rings (SSSR count). The molecule has 10 nitrogen and oxygen atoms in total. The first kappa shape index (κ1) is 24.0. The number of aromatic nitrogens is 6. The van der Waals surface area contributed by atoms with Gasteiger partial charge in [0.1, 0.15) is 17.2 Å². The molecule has 0 radical (unpaired) electrons. The van der Waals surface area contributed by atoms with Gasteiger partial charge < -0.3 is 11.1 Å². The highest BCUT2D eigenvalue weighted by Gasteiger charge is 2.24. The van der Waals surface area contributed by atoms with Gasteiger partial charge in [0.15, 0.2) is 0 Å². The van der Waals surface area contributed by atoms with E-state index in [0.29, 0.717) is 33.3 Å². The van der Waals surface area contributed by atoms with E-state index in [0.717, 1.165) is 11.1 Å². The predicted octanol–water partition coefficient (Wildman–Crippen LogP) is 3.80. The van der Waals surface area contributed by atoms with Gasteiger partial charge in [0.2, 0.25) is 0 Å². The number of rotatable bonds is 5. The lowest BCUT2D eigenvalue weighted by Crippen LogP contribution is -2.34. The molecule has 0 aliphatic rings. The summed E-state index contributed by atoms with van der Waals surface area (Å²) >= 11 is 0. The van der Waals surface area contributed by atoms with Crippen molar-refractivity contribution in [3.8, 4) is 16.8 Å². The third-order valence-corrected chi connectivity index (χ3v) is 6.59. The molecule has 6 aromatic rings. The van der Waals surface area contributed by atoms with Crippen LogP contribution in [0.3, 0.4) is 0 Å². The Kier molecular flexibility index (Phi) is 5.84. The van der Waals surface area contributed by atoms with Gasteiger partial charge in [-0.25, -0.2) is 9.97 Å². The van der Waals surface area contributed by atoms with E-state index in [4.69, 9.17) is 10.7 Å². The van der Waals surface area contributed by atoms with Gasteiger partial charge in [-0.15, -0.1) is 0 Å². The fourth-order valence-corrected chi connectivity index (χ4v) is 4.78. The van der Waals surface area contributed by atoms with Crippen LogP contribution in [-0.2, 0) is 7.05 Å². The van der Waals surface area contributed by atoms with Crippen molar-refractivity contribution in [2.24, 2.45) is 7.05 Å². The topological polar surface area (TPSA) is 134 Å². The maximum absolute atomic E-state index is 14.2. The lowest BCUT2D eigenvalue weighted by molar-refractivity contribution is 0.0940. The number of carbonyl (C=O) groups is 1. The number of fused-ring (bicyclic) bond motifs is 2. The maximum Gasteiger partial charge on any atom is 0.266 e. The van der Waals surface area contributed by atoms with Crippen LogP contribution in [0.4, 0.5) is 5.82 Å². The highest BCUT2D eigenvalue weighted by atomic mass is 16.2. The molecule has 4 heterocycles. The van der Waals surface area contributed by atoms with Gasteiger partial charge in [0.25, 0.3) is 11.5 Å². The van der Waals surface area contributed by atoms with Crippen molar-refractivity contribution >= 4 is 33.5 Å². The molecule has 0 unspecified atom stereocenters. The number of carbonyl (C=O) groups excluding carboxylic acids is 1. The van der Waals surface area contributed by atoms with Gasteiger partial charge in [0.05, 0.1) is 34.3 Å². The number of hydrogen-bond donors (Lipinski definition) is 2. The van der Waals surface area contributed by atoms with Crippen LogP contribution >= 0.6 is 0 Å². The van der Waals surface area contributed by atoms with Crippen molar-refractivity contribution in [2.75, 3.05) is 5.73 Å². The van der Waals surface area contributed by atoms with Crippen LogP contribution < -0.4 is 16.6 Å². The molecule has 192 valence electrons. The Bertz CT molecular complexity index is 1930. The van der Waals surface area contributed by atoms with Crippen LogP contribution in [-0.4, -0.2) is 35.2 Å². The Balaban J connectivity index is 1.51. The van der Waals surface area contributed by atoms with E-state index in [1.165, 1.54) is 4.57 Å². The number of nitrogens with zero attached hydrogens (tertiary/aromatic N) is 6. The number of anilines is 1. The number of pyridine rings is 2. The molecule has 0 saturated heterocycles. The van der Waals surface area contributed by atoms with Crippen LogP contribution in [0.15, 0.2) is 90.2 Å². The van der Waals surface area contributed by atoms with Crippen LogP contribution in [0.1, 0.15) is 29.1 Å². The van der Waals surface area contributed by atoms with Gasteiger partial charge >= 0.3 is 0 Å². The Morgan fingerprint density at radius 3 is 2.59 bits per heavy atom. The maximum atomic E-state index is 14.2. The van der Waals surface area contributed by atoms with Gasteiger partial charge in [-0.05, 0) is 42.8 Å². The second-order valence-corrected chi connectivity index (χ2v) is 9.20. The van der Waals surface area contributed by atoms with Crippen LogP contribution in [0, 0.1) is 0 Å². The first-order valence-corrected chi connectivity index (χ1v) is 12.3. The molecular weight excluding hydrogens is 492 g/mol. The molecule has 2 aromatic carbocycles. The van der Waals surface area contributed by atoms with Crippen molar-refractivity contribution in [1.82, 2.24) is 34.6 Å². The molecule has 0 aliphatic heterocycles. The van der Waals surface area contributed by atoms with E-state index in [1.54, 1.807) is 42.3 Å². The molecular formula is C29H24N8O2. The third-order valence-electron chi connectivity index (χ3n) is 6.59. The van der Waals surface area contributed by atoms with Gasteiger partial charge in [0, 0.05) is 36.6 Å². The molecule has 39 heavy (non-hydrogen) atoms. The van der Waals surface area contributed by atoms with E-state index in [9.17, 15) is 9.59 Å². The second kappa shape index (κ2) is 9.49. The average molecular weight is 517 g/mol. The average Bonchev–Trinajstić information content (AvgIpc) is 3.38. The standard InChI is InChI=1S/C29H24N8O2/c1-17(34-28(38)24-25-18(8-7-13-31-25)14-32-26(24)30)27-35-22-12-6-11-21(19-15-33-36(2)16-19)23(22)29(39)37(27)20-9-4-3-5-10-20/h3-17H,1-2H3,(H2,30,32)(H,34,38)/t17-/m0/s1. The molecule has 1 atom stereocenters. The second-order valence-electron chi connectivity index (χ2n) is 9.20. The minimum Gasteiger partial charge on any atom is -0.383 e. The van der Waals surface area contributed by atoms with E-state index < -0.39 is 11.9 Å². The zero-order valence-electron chi connectivity index (χ0n) is 21.2. The van der Waals surface area contributed by atoms with Crippen LogP contribution in [0.5, 0.6) is 0 Å². The van der Waals surface area contributed by atoms with E-state index in [1.807, 2.05) is 61.8 Å². The fraction of sp³-hybridized carbons (Fsp3) is 0.103. The predicted molar refractivity (Wildman–Crippen MR) is 149 cm³/mol. The third kappa shape index (κ3) is 4.17. The first-order valence-electron chi connectivity index (χ1n) is 12.3. The molecule has 1 amide bonds. The minimum absolute atomic E-state index is 0.0685. The number of nitrogens with one attached hydrogen (secondary N) is 1. The smallest absolute Gasteiger partial charge is 0.266 e. The first-order chi connectivity index (χ1) is 18.9. The summed E-state index contributed by atoms with van der Waals surface area (Å²) in [5.41, 5.74) is 9.15. The van der Waals surface area contributed by atoms with Crippen molar-refractivity contribution < 1.29 is 4.79 Å². The van der Waals surface area contributed by atoms with Gasteiger partial charge in [-0.2, -0.15) is 5.10 Å². The summed E-state index contributed by atoms with van der Waals surface area (Å²) in [4.78, 5) is 41.1. The SMILES string of the molecule is C[C@H](NC(=O)c1c(N)ncc2cccnc12)c1nc2cccc(-c3cnn(C)c3)c2c(=O)n1-c1ccccc1. The quantitative estimate of drug-likeness (QED) is 0.356. The van der Waals surface area contributed by atoms with E-state index in [-0.39, 0.29) is 16.9 Å². The van der Waals surface area contributed by atoms with Crippen molar-refractivity contribution in [2.45, 2.75) is 13.0 Å². The Morgan fingerprint density at radius 2 is 1.82 bits per heavy atom. The van der Waals surface area contributed by atoms with Crippen LogP contribution in [0.25, 0.3) is 38.6 Å². The highest BCUT2D eigenvalue weighted by molar-refractivity contribution is 6.09. The van der Waals surface area contributed by atoms with Gasteiger partial charge in [-0.1, -0.05) is 30.3 Å². The Hall–Kier alpha value is -5.38. The van der Waals surface area contributed by atoms with Crippen molar-refractivity contribution in [1.29, 1.82) is 0 Å². The number of hydrogen-bond acceptors (Lipinski definition) is 7. The summed E-state index contributed by atoms with van der Waals surface area (Å²) in [6, 6.07) is 17.7. The summed E-state index contributed by atoms with van der Waals surface area (Å²) in [5, 5.41) is 8.38. The van der Waals surface area contributed by atoms with Crippen molar-refractivity contribution in [3.63, 3.8) is 0 Å². The fourth-order valence-electron chi connectivity index (χ4n) is 4.78. The number of aryl methyl sites for hydroxylation is 1. The monoisotopic (exact) mass is 516 g/mol. The normalized spacial score (nSPS) is 12.1. The summed E-state index contributed by atoms with van der Waals surface area (Å²) in [6.07, 6.45) is 6.75. The largest absolute Gasteiger partial charge is 0.383 e. The van der Waals surface area contributed by atoms with Gasteiger partial charge in [-0.3, -0.25) is 23.8 Å². The number of para-hydroxylation sites is 1. The minimum atomic E-state index is -0.671. The molecule has 4 aromatic heterocycles. The number of nitrogen functional groups attached to an aromatic ring is 1. The lowest BCUT2D eigenvalue weighted by Gasteiger charge is -2.21. The lowest BCUT2D eigenvalue weighted by atomic mass is 10.0. The molecule has 0 saturated carbocycles. The van der Waals surface area contributed by atoms with E-state index in [2.05, 4.69) is 20.4 Å². The zero-order valence-corrected chi connectivity index (χ0v) is 21.2. The molecule has 3 N–H and O–H groups in total. The molecule has 0 bridgehead atoms. The number of nitrogens with two attached hydrogens (primary N) is 1. The summed E-state index contributed by atoms with van der Waals surface area (Å²) in [6.45, 7) is 1.78. The molecule has 0 aliphatic carbocycles. The molecule has 0 spiro atoms. The Labute approximate surface area is 222 Å². The number of amides is 1. The summed E-state index contributed by atoms with van der Waals surface area (Å²) in [7, 11) is 1.82. The molecule has 0 fully saturated rings. The Morgan fingerprint density at radius 1 is 1.00 bits per heavy atom. The molecule has 10 heteroatoms. The van der Waals surface area contributed by atoms with Crippen molar-refractivity contribution in [3.05, 3.63) is 107 Å². The number of benzene rings is 2. The van der Waals surface area contributed by atoms with Crippen LogP contribution in [0.2, 0.25) is 0 Å². The summed E-state index contributed by atoms with van der Waals surface area (Å²) in [5.74, 6) is -0.0242. The zero-order chi connectivity index (χ0) is 27.1.